The van der Waals surface area contributed by atoms with Crippen molar-refractivity contribution < 1.29 is 13.9 Å². The highest BCUT2D eigenvalue weighted by atomic mass is 32.2. The first-order chi connectivity index (χ1) is 18.4. The average molecular weight is 531 g/mol. The van der Waals surface area contributed by atoms with E-state index in [0.717, 1.165) is 27.1 Å². The van der Waals surface area contributed by atoms with Gasteiger partial charge in [-0.15, -0.1) is 0 Å². The molecule has 38 heavy (non-hydrogen) atoms. The van der Waals surface area contributed by atoms with Gasteiger partial charge in [0.05, 0.1) is 42.1 Å². The fraction of sp³-hybridized carbons (Fsp3) is 0.200. The summed E-state index contributed by atoms with van der Waals surface area (Å²) in [7, 11) is 1.12. The van der Waals surface area contributed by atoms with Crippen LogP contribution in [0.3, 0.4) is 0 Å². The van der Waals surface area contributed by atoms with E-state index in [1.807, 2.05) is 92.1 Å². The van der Waals surface area contributed by atoms with Gasteiger partial charge >= 0.3 is 0 Å². The Kier molecular flexibility index (Phi) is 7.43. The zero-order chi connectivity index (χ0) is 26.7. The Balaban J connectivity index is 1.73. The maximum Gasteiger partial charge on any atom is 0.274 e. The molecule has 1 aromatic heterocycles. The summed E-state index contributed by atoms with van der Waals surface area (Å²) < 4.78 is 29.4. The molecule has 3 N–H and O–H groups in total. The summed E-state index contributed by atoms with van der Waals surface area (Å²) in [6.07, 6.45) is 0. The lowest BCUT2D eigenvalue weighted by Crippen LogP contribution is -2.53. The van der Waals surface area contributed by atoms with Crippen molar-refractivity contribution >= 4 is 38.3 Å². The van der Waals surface area contributed by atoms with Crippen molar-refractivity contribution in [1.29, 1.82) is 0 Å². The van der Waals surface area contributed by atoms with Gasteiger partial charge in [-0.1, -0.05) is 71.0 Å². The van der Waals surface area contributed by atoms with E-state index in [-0.39, 0.29) is 19.0 Å². The van der Waals surface area contributed by atoms with Crippen LogP contribution in [-0.2, 0) is 0 Å². The number of rotatable bonds is 6. The van der Waals surface area contributed by atoms with Crippen molar-refractivity contribution in [3.05, 3.63) is 89.5 Å². The highest BCUT2D eigenvalue weighted by Crippen LogP contribution is 2.44. The van der Waals surface area contributed by atoms with Crippen molar-refractivity contribution in [2.24, 2.45) is 4.99 Å². The van der Waals surface area contributed by atoms with Crippen LogP contribution in [0.2, 0.25) is 0 Å². The number of alkyl halides is 2. The summed E-state index contributed by atoms with van der Waals surface area (Å²) >= 11 is 0. The highest BCUT2D eigenvalue weighted by Gasteiger charge is 2.45. The van der Waals surface area contributed by atoms with Gasteiger partial charge in [0, 0.05) is 21.4 Å². The molecule has 0 spiro atoms. The molecule has 1 unspecified atom stereocenters. The van der Waals surface area contributed by atoms with Gasteiger partial charge in [0.25, 0.3) is 5.92 Å². The number of fused-ring (bicyclic) bond motifs is 1. The number of benzene rings is 3. The van der Waals surface area contributed by atoms with Gasteiger partial charge < -0.3 is 15.4 Å². The lowest BCUT2D eigenvalue weighted by molar-refractivity contribution is -0.0907. The number of para-hydroxylation sites is 1. The van der Waals surface area contributed by atoms with Gasteiger partial charge in [-0.2, -0.15) is 0 Å². The molecule has 5 nitrogen and oxygen atoms in total. The van der Waals surface area contributed by atoms with Crippen molar-refractivity contribution in [2.45, 2.75) is 17.7 Å². The van der Waals surface area contributed by atoms with Gasteiger partial charge in [-0.3, -0.25) is 0 Å². The van der Waals surface area contributed by atoms with Gasteiger partial charge in [-0.05, 0) is 43.6 Å². The number of hydrogen-bond donors (Lipinski definition) is 3. The third-order valence-electron chi connectivity index (χ3n) is 6.19. The SMILES string of the molecule is C/C=S(\c1cc2c(C(=Nc3ccccc3)c3ccccc3)c(O)[nH]c2cc1C#CCNC)N1CC(F)(F)C1. The number of aromatic amines is 1. The number of aromatic nitrogens is 1. The number of H-pyrrole nitrogens is 1. The molecule has 4 aromatic rings. The molecule has 5 rings (SSSR count). The smallest absolute Gasteiger partial charge is 0.274 e. The van der Waals surface area contributed by atoms with Gasteiger partial charge in [0.1, 0.15) is 0 Å². The summed E-state index contributed by atoms with van der Waals surface area (Å²) in [5, 5.41) is 16.9. The molecule has 0 bridgehead atoms. The number of aromatic hydroxyl groups is 1. The summed E-state index contributed by atoms with van der Waals surface area (Å²) in [4.78, 5) is 8.87. The zero-order valence-corrected chi connectivity index (χ0v) is 21.9. The molecule has 1 aliphatic heterocycles. The molecule has 0 radical (unpaired) electrons. The minimum Gasteiger partial charge on any atom is -0.494 e. The third-order valence-corrected chi connectivity index (χ3v) is 8.24. The van der Waals surface area contributed by atoms with Crippen molar-refractivity contribution in [3.8, 4) is 17.7 Å². The largest absolute Gasteiger partial charge is 0.494 e. The van der Waals surface area contributed by atoms with Crippen LogP contribution in [0.5, 0.6) is 5.88 Å². The van der Waals surface area contributed by atoms with Crippen LogP contribution < -0.4 is 5.32 Å². The molecule has 194 valence electrons. The second kappa shape index (κ2) is 10.9. The van der Waals surface area contributed by atoms with Crippen molar-refractivity contribution in [3.63, 3.8) is 0 Å². The molecule has 1 aliphatic rings. The quantitative estimate of drug-likeness (QED) is 0.165. The number of aliphatic imine (C=N–C) groups is 1. The average Bonchev–Trinajstić information content (AvgIpc) is 3.22. The molecule has 3 aromatic carbocycles. The van der Waals surface area contributed by atoms with E-state index in [4.69, 9.17) is 4.99 Å². The molecule has 0 saturated carbocycles. The number of nitrogens with one attached hydrogen (secondary N) is 2. The Morgan fingerprint density at radius 2 is 1.82 bits per heavy atom. The summed E-state index contributed by atoms with van der Waals surface area (Å²) in [6, 6.07) is 23.1. The second-order valence-corrected chi connectivity index (χ2v) is 11.0. The van der Waals surface area contributed by atoms with Gasteiger partial charge in [0.15, 0.2) is 5.88 Å². The van der Waals surface area contributed by atoms with Crippen LogP contribution >= 0.6 is 10.7 Å². The summed E-state index contributed by atoms with van der Waals surface area (Å²) in [5.41, 5.74) is 4.18. The van der Waals surface area contributed by atoms with E-state index < -0.39 is 16.6 Å². The zero-order valence-electron chi connectivity index (χ0n) is 21.1. The Morgan fingerprint density at radius 3 is 2.45 bits per heavy atom. The fourth-order valence-electron chi connectivity index (χ4n) is 4.46. The van der Waals surface area contributed by atoms with Crippen LogP contribution in [0.25, 0.3) is 10.9 Å². The Labute approximate surface area is 223 Å². The molecule has 0 aliphatic carbocycles. The second-order valence-electron chi connectivity index (χ2n) is 8.94. The highest BCUT2D eigenvalue weighted by molar-refractivity contribution is 8.13. The van der Waals surface area contributed by atoms with E-state index in [2.05, 4.69) is 22.1 Å². The predicted octanol–water partition coefficient (Wildman–Crippen LogP) is 5.93. The summed E-state index contributed by atoms with van der Waals surface area (Å²) in [6.45, 7) is 1.79. The first-order valence-corrected chi connectivity index (χ1v) is 13.5. The number of nitrogens with zero attached hydrogens (tertiary/aromatic N) is 2. The lowest BCUT2D eigenvalue weighted by Gasteiger charge is -2.40. The molecule has 0 amide bonds. The molecular formula is C30H28F2N4OS. The Morgan fingerprint density at radius 1 is 1.13 bits per heavy atom. The van der Waals surface area contributed by atoms with Crippen LogP contribution in [0.1, 0.15) is 23.6 Å². The van der Waals surface area contributed by atoms with Gasteiger partial charge in [0.2, 0.25) is 0 Å². The summed E-state index contributed by atoms with van der Waals surface area (Å²) in [5.74, 6) is 3.60. The lowest BCUT2D eigenvalue weighted by atomic mass is 10.00. The molecule has 8 heteroatoms. The monoisotopic (exact) mass is 530 g/mol. The first kappa shape index (κ1) is 25.9. The molecule has 2 heterocycles. The van der Waals surface area contributed by atoms with Gasteiger partial charge in [-0.25, -0.2) is 18.1 Å². The topological polar surface area (TPSA) is 63.7 Å². The van der Waals surface area contributed by atoms with Crippen molar-refractivity contribution in [1.82, 2.24) is 14.6 Å². The number of hydrogen-bond acceptors (Lipinski definition) is 4. The standard InChI is InChI=1S/C30H28F2N4OS/c1-3-38(36-19-30(31,32)20-36)26-18-24-25(17-22(26)13-10-16-33-2)35-29(37)27(24)28(21-11-6-4-7-12-21)34-23-14-8-5-9-15-23/h3-9,11-12,14-15,17-18,33,35,37H,16,19-20H2,1-2H3. The third kappa shape index (κ3) is 5.27. The van der Waals surface area contributed by atoms with Crippen molar-refractivity contribution in [2.75, 3.05) is 26.7 Å². The van der Waals surface area contributed by atoms with E-state index >= 15 is 0 Å². The minimum absolute atomic E-state index is 0.0133. The maximum absolute atomic E-state index is 13.8. The molecule has 1 saturated heterocycles. The van der Waals surface area contributed by atoms with E-state index in [0.29, 0.717) is 23.3 Å². The van der Waals surface area contributed by atoms with Crippen LogP contribution in [0.15, 0.2) is 82.7 Å². The normalized spacial score (nSPS) is 16.2. The fourth-order valence-corrected chi connectivity index (χ4v) is 6.52. The molecular weight excluding hydrogens is 502 g/mol. The Bertz CT molecular complexity index is 1580. The van der Waals surface area contributed by atoms with Crippen LogP contribution in [-0.4, -0.2) is 58.1 Å². The minimum atomic E-state index is -2.68. The Hall–Kier alpha value is -3.77. The first-order valence-electron chi connectivity index (χ1n) is 12.3. The van der Waals surface area contributed by atoms with E-state index in [1.165, 1.54) is 0 Å². The molecule has 1 fully saturated rings. The maximum atomic E-state index is 13.8. The predicted molar refractivity (Wildman–Crippen MR) is 153 cm³/mol. The van der Waals surface area contributed by atoms with Crippen LogP contribution in [0.4, 0.5) is 14.5 Å². The van der Waals surface area contributed by atoms with E-state index in [1.54, 1.807) is 4.31 Å². The van der Waals surface area contributed by atoms with E-state index in [9.17, 15) is 13.9 Å². The molecule has 1 atom stereocenters. The number of halogens is 2. The van der Waals surface area contributed by atoms with Crippen LogP contribution in [0, 0.1) is 11.8 Å².